The first kappa shape index (κ1) is 19.4. The van der Waals surface area contributed by atoms with E-state index >= 15 is 0 Å². The molecule has 0 unspecified atom stereocenters. The van der Waals surface area contributed by atoms with Crippen LogP contribution < -0.4 is 0 Å². The summed E-state index contributed by atoms with van der Waals surface area (Å²) in [7, 11) is 0. The minimum Gasteiger partial charge on any atom is -0.342 e. The number of nitrogens with one attached hydrogen (secondary N) is 1. The Morgan fingerprint density at radius 2 is 1.87 bits per heavy atom. The number of hydrogen-bond donors (Lipinski definition) is 1. The molecule has 0 fully saturated rings. The summed E-state index contributed by atoms with van der Waals surface area (Å²) < 4.78 is 2.13. The Bertz CT molecular complexity index is 1470. The molecule has 150 valence electrons. The molecule has 2 heterocycles. The highest BCUT2D eigenvalue weighted by Crippen LogP contribution is 2.28. The number of halogens is 2. The van der Waals surface area contributed by atoms with Crippen LogP contribution in [0.15, 0.2) is 72.9 Å². The van der Waals surface area contributed by atoms with Gasteiger partial charge in [-0.2, -0.15) is 5.26 Å². The van der Waals surface area contributed by atoms with Crippen molar-refractivity contribution in [3.8, 4) is 6.07 Å². The highest BCUT2D eigenvalue weighted by Gasteiger charge is 2.12. The van der Waals surface area contributed by atoms with E-state index in [4.69, 9.17) is 23.2 Å². The van der Waals surface area contributed by atoms with Gasteiger partial charge in [0.1, 0.15) is 11.9 Å². The van der Waals surface area contributed by atoms with Gasteiger partial charge < -0.3 is 9.55 Å². The molecule has 5 aromatic rings. The van der Waals surface area contributed by atoms with Gasteiger partial charge >= 0.3 is 0 Å². The number of imidazole rings is 1. The van der Waals surface area contributed by atoms with Crippen LogP contribution in [0.3, 0.4) is 0 Å². The van der Waals surface area contributed by atoms with E-state index in [9.17, 15) is 5.26 Å². The summed E-state index contributed by atoms with van der Waals surface area (Å²) >= 11 is 12.4. The topological polar surface area (TPSA) is 57.4 Å². The minimum absolute atomic E-state index is 0.476. The monoisotopic (exact) mass is 442 g/mol. The second-order valence-corrected chi connectivity index (χ2v) is 8.08. The van der Waals surface area contributed by atoms with Crippen molar-refractivity contribution in [2.24, 2.45) is 0 Å². The van der Waals surface area contributed by atoms with Crippen LogP contribution in [0.4, 0.5) is 0 Å². The number of rotatable bonds is 4. The van der Waals surface area contributed by atoms with Crippen molar-refractivity contribution in [1.29, 1.82) is 5.26 Å². The van der Waals surface area contributed by atoms with E-state index in [1.54, 1.807) is 6.07 Å². The predicted molar refractivity (Wildman–Crippen MR) is 127 cm³/mol. The van der Waals surface area contributed by atoms with E-state index < -0.39 is 0 Å². The molecular formula is C25H16Cl2N4. The van der Waals surface area contributed by atoms with E-state index in [1.807, 2.05) is 60.8 Å². The van der Waals surface area contributed by atoms with Crippen LogP contribution in [0.5, 0.6) is 0 Å². The van der Waals surface area contributed by atoms with E-state index in [-0.39, 0.29) is 0 Å². The molecule has 3 aromatic carbocycles. The number of aromatic nitrogens is 3. The molecule has 0 saturated heterocycles. The van der Waals surface area contributed by atoms with E-state index in [0.717, 1.165) is 33.1 Å². The molecule has 0 bridgehead atoms. The Labute approximate surface area is 189 Å². The zero-order chi connectivity index (χ0) is 21.4. The summed E-state index contributed by atoms with van der Waals surface area (Å²) in [6.45, 7) is 0.594. The maximum atomic E-state index is 9.83. The van der Waals surface area contributed by atoms with Crippen LogP contribution in [0.1, 0.15) is 17.0 Å². The second kappa shape index (κ2) is 7.96. The van der Waals surface area contributed by atoms with Crippen LogP contribution in [-0.4, -0.2) is 14.5 Å². The molecule has 2 aromatic heterocycles. The number of hydrogen-bond acceptors (Lipinski definition) is 2. The number of para-hydroxylation sites is 3. The normalized spacial score (nSPS) is 11.8. The van der Waals surface area contributed by atoms with Crippen LogP contribution >= 0.6 is 23.2 Å². The van der Waals surface area contributed by atoms with Crippen LogP contribution in [0, 0.1) is 11.3 Å². The minimum atomic E-state index is 0.476. The van der Waals surface area contributed by atoms with Gasteiger partial charge in [0.2, 0.25) is 0 Å². The van der Waals surface area contributed by atoms with Crippen molar-refractivity contribution < 1.29 is 0 Å². The third-order valence-electron chi connectivity index (χ3n) is 5.24. The summed E-state index contributed by atoms with van der Waals surface area (Å²) in [6, 6.07) is 23.7. The second-order valence-electron chi connectivity index (χ2n) is 7.24. The van der Waals surface area contributed by atoms with Gasteiger partial charge in [-0.05, 0) is 42.0 Å². The van der Waals surface area contributed by atoms with Crippen molar-refractivity contribution in [2.45, 2.75) is 6.54 Å². The first-order valence-electron chi connectivity index (χ1n) is 9.71. The van der Waals surface area contributed by atoms with Crippen molar-refractivity contribution >= 4 is 56.8 Å². The van der Waals surface area contributed by atoms with Crippen LogP contribution in [0.2, 0.25) is 10.0 Å². The average molecular weight is 443 g/mol. The third-order valence-corrected chi connectivity index (χ3v) is 5.83. The molecule has 5 rings (SSSR count). The highest BCUT2D eigenvalue weighted by molar-refractivity contribution is 6.35. The van der Waals surface area contributed by atoms with Gasteiger partial charge in [-0.25, -0.2) is 4.98 Å². The van der Waals surface area contributed by atoms with Crippen molar-refractivity contribution in [2.75, 3.05) is 0 Å². The molecular weight excluding hydrogens is 427 g/mol. The van der Waals surface area contributed by atoms with Crippen LogP contribution in [-0.2, 0) is 6.54 Å². The Morgan fingerprint density at radius 1 is 1.06 bits per heavy atom. The lowest BCUT2D eigenvalue weighted by atomic mass is 10.1. The lowest BCUT2D eigenvalue weighted by Gasteiger charge is -2.08. The molecule has 0 amide bonds. The lowest BCUT2D eigenvalue weighted by molar-refractivity contribution is 0.836. The number of benzene rings is 3. The molecule has 0 spiro atoms. The standard InChI is InChI=1S/C25H16Cl2N4/c26-19-10-9-16(21(27)12-19)14-31-15-18(20-5-1-4-8-24(20)31)11-17(13-28)25-29-22-6-2-3-7-23(22)30-25/h1-12,15H,14H2,(H,29,30)/b17-11+. The molecule has 1 N–H and O–H groups in total. The third kappa shape index (κ3) is 3.70. The molecule has 4 nitrogen and oxygen atoms in total. The molecule has 0 aliphatic heterocycles. The number of H-pyrrole nitrogens is 1. The number of fused-ring (bicyclic) bond motifs is 2. The smallest absolute Gasteiger partial charge is 0.149 e. The van der Waals surface area contributed by atoms with Crippen molar-refractivity contribution in [3.63, 3.8) is 0 Å². The maximum Gasteiger partial charge on any atom is 0.149 e. The first-order valence-corrected chi connectivity index (χ1v) is 10.5. The lowest BCUT2D eigenvalue weighted by Crippen LogP contribution is -1.98. The van der Waals surface area contributed by atoms with E-state index in [0.29, 0.717) is 28.0 Å². The number of allylic oxidation sites excluding steroid dienone is 1. The molecule has 0 radical (unpaired) electrons. The zero-order valence-corrected chi connectivity index (χ0v) is 17.8. The molecule has 0 saturated carbocycles. The van der Waals surface area contributed by atoms with Crippen LogP contribution in [0.25, 0.3) is 33.6 Å². The summed E-state index contributed by atoms with van der Waals surface area (Å²) in [5.74, 6) is 0.557. The fourth-order valence-electron chi connectivity index (χ4n) is 3.74. The molecule has 0 aliphatic rings. The van der Waals surface area contributed by atoms with Crippen molar-refractivity contribution in [3.05, 3.63) is 99.9 Å². The molecule has 0 atom stereocenters. The average Bonchev–Trinajstić information content (AvgIpc) is 3.36. The van der Waals surface area contributed by atoms with Gasteiger partial charge in [-0.15, -0.1) is 0 Å². The number of nitriles is 1. The Balaban J connectivity index is 1.60. The van der Waals surface area contributed by atoms with Crippen molar-refractivity contribution in [1.82, 2.24) is 14.5 Å². The first-order chi connectivity index (χ1) is 15.1. The van der Waals surface area contributed by atoms with E-state index in [2.05, 4.69) is 32.7 Å². The Hall–Kier alpha value is -3.52. The summed E-state index contributed by atoms with van der Waals surface area (Å²) in [6.07, 6.45) is 3.91. The summed E-state index contributed by atoms with van der Waals surface area (Å²) in [5, 5.41) is 12.1. The quantitative estimate of drug-likeness (QED) is 0.306. The van der Waals surface area contributed by atoms with Gasteiger partial charge in [0.25, 0.3) is 0 Å². The van der Waals surface area contributed by atoms with Gasteiger partial charge in [0.15, 0.2) is 0 Å². The fraction of sp³-hybridized carbons (Fsp3) is 0.0400. The Morgan fingerprint density at radius 3 is 2.68 bits per heavy atom. The molecule has 31 heavy (non-hydrogen) atoms. The van der Waals surface area contributed by atoms with E-state index in [1.165, 1.54) is 0 Å². The molecule has 6 heteroatoms. The molecule has 0 aliphatic carbocycles. The number of aromatic amines is 1. The number of nitrogens with zero attached hydrogens (tertiary/aromatic N) is 3. The summed E-state index contributed by atoms with van der Waals surface area (Å²) in [5.41, 5.74) is 5.18. The zero-order valence-electron chi connectivity index (χ0n) is 16.3. The SMILES string of the molecule is N#C/C(=C\c1cn(Cc2ccc(Cl)cc2Cl)c2ccccc12)c1nc2ccccc2[nH]1. The maximum absolute atomic E-state index is 9.83. The predicted octanol–water partition coefficient (Wildman–Crippen LogP) is 6.94. The fourth-order valence-corrected chi connectivity index (χ4v) is 4.21. The van der Waals surface area contributed by atoms with Gasteiger partial charge in [0.05, 0.1) is 16.6 Å². The largest absolute Gasteiger partial charge is 0.342 e. The Kier molecular flexibility index (Phi) is 4.99. The van der Waals surface area contributed by atoms with Gasteiger partial charge in [-0.3, -0.25) is 0 Å². The summed E-state index contributed by atoms with van der Waals surface area (Å²) in [4.78, 5) is 7.81. The highest BCUT2D eigenvalue weighted by atomic mass is 35.5. The van der Waals surface area contributed by atoms with Gasteiger partial charge in [-0.1, -0.05) is 59.6 Å². The van der Waals surface area contributed by atoms with Gasteiger partial charge in [0, 0.05) is 39.3 Å².